The predicted octanol–water partition coefficient (Wildman–Crippen LogP) is 1.23. The number of benzene rings is 1. The van der Waals surface area contributed by atoms with Crippen molar-refractivity contribution in [2.75, 3.05) is 13.2 Å². The summed E-state index contributed by atoms with van der Waals surface area (Å²) in [6.07, 6.45) is 0.387. The van der Waals surface area contributed by atoms with Crippen LogP contribution >= 0.6 is 0 Å². The number of esters is 1. The first-order valence-corrected chi connectivity index (χ1v) is 5.18. The Labute approximate surface area is 98.6 Å². The number of rotatable bonds is 5. The van der Waals surface area contributed by atoms with Crippen LogP contribution in [0.25, 0.3) is 0 Å². The molecule has 0 heterocycles. The standard InChI is InChI=1S/C12H14O5/c1-8-7-9(11(14)15)3-4-10(8)12(16)17-6-2-5-13/h3-4,7,13H,2,5-6H2,1H3,(H,14,15). The first-order chi connectivity index (χ1) is 8.06. The second-order valence-electron chi connectivity index (χ2n) is 3.55. The minimum atomic E-state index is -1.03. The maximum atomic E-state index is 11.6. The Kier molecular flexibility index (Phi) is 4.66. The second-order valence-corrected chi connectivity index (χ2v) is 3.55. The van der Waals surface area contributed by atoms with Crippen molar-refractivity contribution in [2.24, 2.45) is 0 Å². The van der Waals surface area contributed by atoms with Crippen molar-refractivity contribution in [2.45, 2.75) is 13.3 Å². The lowest BCUT2D eigenvalue weighted by Gasteiger charge is -2.07. The highest BCUT2D eigenvalue weighted by molar-refractivity contribution is 5.94. The lowest BCUT2D eigenvalue weighted by molar-refractivity contribution is 0.0480. The van der Waals surface area contributed by atoms with Gasteiger partial charge in [-0.15, -0.1) is 0 Å². The molecule has 1 rings (SSSR count). The van der Waals surface area contributed by atoms with E-state index in [1.807, 2.05) is 0 Å². The fourth-order valence-corrected chi connectivity index (χ4v) is 1.33. The van der Waals surface area contributed by atoms with Crippen LogP contribution in [0.5, 0.6) is 0 Å². The molecule has 0 aliphatic rings. The number of carboxylic acids is 1. The summed E-state index contributed by atoms with van der Waals surface area (Å²) in [5.41, 5.74) is 1.03. The van der Waals surface area contributed by atoms with Crippen LogP contribution in [-0.2, 0) is 4.74 Å². The van der Waals surface area contributed by atoms with Crippen LogP contribution in [-0.4, -0.2) is 35.4 Å². The summed E-state index contributed by atoms with van der Waals surface area (Å²) in [6, 6.07) is 4.21. The van der Waals surface area contributed by atoms with Gasteiger partial charge in [0.2, 0.25) is 0 Å². The molecular formula is C12H14O5. The Morgan fingerprint density at radius 3 is 2.59 bits per heavy atom. The van der Waals surface area contributed by atoms with Crippen LogP contribution in [0.2, 0.25) is 0 Å². The lowest BCUT2D eigenvalue weighted by Crippen LogP contribution is -2.10. The molecule has 1 aromatic rings. The molecule has 0 fully saturated rings. The smallest absolute Gasteiger partial charge is 0.338 e. The molecule has 5 heteroatoms. The molecule has 0 saturated heterocycles. The summed E-state index contributed by atoms with van der Waals surface area (Å²) in [5.74, 6) is -1.54. The minimum Gasteiger partial charge on any atom is -0.478 e. The topological polar surface area (TPSA) is 83.8 Å². The summed E-state index contributed by atoms with van der Waals surface area (Å²) in [6.45, 7) is 1.76. The number of hydrogen-bond donors (Lipinski definition) is 2. The van der Waals surface area contributed by atoms with Crippen LogP contribution in [0.15, 0.2) is 18.2 Å². The Balaban J connectivity index is 2.78. The number of hydrogen-bond acceptors (Lipinski definition) is 4. The van der Waals surface area contributed by atoms with E-state index < -0.39 is 11.9 Å². The van der Waals surface area contributed by atoms with Gasteiger partial charge in [-0.05, 0) is 30.7 Å². The van der Waals surface area contributed by atoms with E-state index in [9.17, 15) is 9.59 Å². The molecule has 0 aromatic heterocycles. The van der Waals surface area contributed by atoms with Crippen molar-refractivity contribution in [3.8, 4) is 0 Å². The molecule has 0 aliphatic carbocycles. The van der Waals surface area contributed by atoms with Gasteiger partial charge in [0.1, 0.15) is 0 Å². The Bertz CT molecular complexity index is 425. The summed E-state index contributed by atoms with van der Waals surface area (Å²) in [5, 5.41) is 17.3. The third-order valence-corrected chi connectivity index (χ3v) is 2.23. The number of aromatic carboxylic acids is 1. The van der Waals surface area contributed by atoms with Gasteiger partial charge in [0.05, 0.1) is 17.7 Å². The van der Waals surface area contributed by atoms with E-state index in [0.29, 0.717) is 17.5 Å². The Morgan fingerprint density at radius 2 is 2.06 bits per heavy atom. The molecular weight excluding hydrogens is 224 g/mol. The zero-order valence-electron chi connectivity index (χ0n) is 9.47. The normalized spacial score (nSPS) is 10.0. The van der Waals surface area contributed by atoms with Gasteiger partial charge >= 0.3 is 11.9 Å². The van der Waals surface area contributed by atoms with Gasteiger partial charge in [0.15, 0.2) is 0 Å². The van der Waals surface area contributed by atoms with Gasteiger partial charge in [-0.25, -0.2) is 9.59 Å². The van der Waals surface area contributed by atoms with Gasteiger partial charge < -0.3 is 14.9 Å². The minimum absolute atomic E-state index is 0.0375. The SMILES string of the molecule is Cc1cc(C(=O)O)ccc1C(=O)OCCCO. The summed E-state index contributed by atoms with van der Waals surface area (Å²) in [7, 11) is 0. The summed E-state index contributed by atoms with van der Waals surface area (Å²) in [4.78, 5) is 22.3. The largest absolute Gasteiger partial charge is 0.478 e. The first-order valence-electron chi connectivity index (χ1n) is 5.18. The zero-order chi connectivity index (χ0) is 12.8. The number of carbonyl (C=O) groups is 2. The molecule has 1 aromatic carbocycles. The van der Waals surface area contributed by atoms with Crippen LogP contribution in [0, 0.1) is 6.92 Å². The molecule has 0 bridgehead atoms. The van der Waals surface area contributed by atoms with E-state index in [1.54, 1.807) is 6.92 Å². The van der Waals surface area contributed by atoms with Crippen molar-refractivity contribution in [1.29, 1.82) is 0 Å². The quantitative estimate of drug-likeness (QED) is 0.595. The number of aliphatic hydroxyl groups excluding tert-OH is 1. The van der Waals surface area contributed by atoms with E-state index >= 15 is 0 Å². The van der Waals surface area contributed by atoms with Crippen molar-refractivity contribution in [1.82, 2.24) is 0 Å². The maximum Gasteiger partial charge on any atom is 0.338 e. The van der Waals surface area contributed by atoms with Crippen molar-refractivity contribution in [3.63, 3.8) is 0 Å². The molecule has 2 N–H and O–H groups in total. The number of aryl methyl sites for hydroxylation is 1. The highest BCUT2D eigenvalue weighted by Crippen LogP contribution is 2.12. The third kappa shape index (κ3) is 3.57. The van der Waals surface area contributed by atoms with E-state index in [-0.39, 0.29) is 18.8 Å². The molecule has 0 atom stereocenters. The maximum absolute atomic E-state index is 11.6. The van der Waals surface area contributed by atoms with E-state index in [0.717, 1.165) is 0 Å². The number of ether oxygens (including phenoxy) is 1. The molecule has 0 radical (unpaired) electrons. The Morgan fingerprint density at radius 1 is 1.35 bits per heavy atom. The number of carboxylic acid groups (broad SMARTS) is 1. The van der Waals surface area contributed by atoms with Crippen molar-refractivity contribution in [3.05, 3.63) is 34.9 Å². The second kappa shape index (κ2) is 6.00. The van der Waals surface area contributed by atoms with Gasteiger partial charge in [0, 0.05) is 13.0 Å². The molecule has 0 aliphatic heterocycles. The fraction of sp³-hybridized carbons (Fsp3) is 0.333. The third-order valence-electron chi connectivity index (χ3n) is 2.23. The van der Waals surface area contributed by atoms with Gasteiger partial charge in [-0.2, -0.15) is 0 Å². The van der Waals surface area contributed by atoms with Crippen LogP contribution in [0.1, 0.15) is 32.7 Å². The number of aliphatic hydroxyl groups is 1. The summed E-state index contributed by atoms with van der Waals surface area (Å²) < 4.78 is 4.90. The zero-order valence-corrected chi connectivity index (χ0v) is 9.47. The average Bonchev–Trinajstić information content (AvgIpc) is 2.28. The number of carbonyl (C=O) groups excluding carboxylic acids is 1. The summed E-state index contributed by atoms with van der Waals surface area (Å²) >= 11 is 0. The van der Waals surface area contributed by atoms with Crippen molar-refractivity contribution >= 4 is 11.9 Å². The highest BCUT2D eigenvalue weighted by Gasteiger charge is 2.12. The van der Waals surface area contributed by atoms with Crippen molar-refractivity contribution < 1.29 is 24.5 Å². The van der Waals surface area contributed by atoms with E-state index in [1.165, 1.54) is 18.2 Å². The van der Waals surface area contributed by atoms with Gasteiger partial charge in [-0.1, -0.05) is 0 Å². The lowest BCUT2D eigenvalue weighted by atomic mass is 10.1. The van der Waals surface area contributed by atoms with Crippen LogP contribution < -0.4 is 0 Å². The molecule has 0 unspecified atom stereocenters. The van der Waals surface area contributed by atoms with E-state index in [2.05, 4.69) is 0 Å². The molecule has 5 nitrogen and oxygen atoms in total. The monoisotopic (exact) mass is 238 g/mol. The van der Waals surface area contributed by atoms with Crippen LogP contribution in [0.4, 0.5) is 0 Å². The van der Waals surface area contributed by atoms with E-state index in [4.69, 9.17) is 14.9 Å². The predicted molar refractivity (Wildman–Crippen MR) is 60.1 cm³/mol. The average molecular weight is 238 g/mol. The molecule has 0 saturated carbocycles. The first kappa shape index (κ1) is 13.2. The molecule has 0 spiro atoms. The Hall–Kier alpha value is -1.88. The van der Waals surface area contributed by atoms with Crippen LogP contribution in [0.3, 0.4) is 0 Å². The highest BCUT2D eigenvalue weighted by atomic mass is 16.5. The molecule has 0 amide bonds. The molecule has 92 valence electrons. The van der Waals surface area contributed by atoms with Gasteiger partial charge in [0.25, 0.3) is 0 Å². The fourth-order valence-electron chi connectivity index (χ4n) is 1.33. The molecule has 17 heavy (non-hydrogen) atoms. The van der Waals surface area contributed by atoms with Gasteiger partial charge in [-0.3, -0.25) is 0 Å².